The third-order valence-corrected chi connectivity index (χ3v) is 3.66. The SMILES string of the molecule is C=CCOc1cccc2cc(C(=O)NCc3ccccc3)c(=N)oc12. The van der Waals surface area contributed by atoms with Crippen LogP contribution in [0.5, 0.6) is 5.75 Å². The summed E-state index contributed by atoms with van der Waals surface area (Å²) < 4.78 is 11.1. The lowest BCUT2D eigenvalue weighted by molar-refractivity contribution is 0.0946. The fourth-order valence-corrected chi connectivity index (χ4v) is 2.44. The van der Waals surface area contributed by atoms with Gasteiger partial charge in [-0.15, -0.1) is 0 Å². The van der Waals surface area contributed by atoms with Gasteiger partial charge >= 0.3 is 0 Å². The molecule has 0 aliphatic heterocycles. The molecule has 25 heavy (non-hydrogen) atoms. The van der Waals surface area contributed by atoms with E-state index in [9.17, 15) is 4.79 Å². The summed E-state index contributed by atoms with van der Waals surface area (Å²) in [6.07, 6.45) is 1.63. The van der Waals surface area contributed by atoms with Crippen LogP contribution in [0, 0.1) is 5.41 Å². The third kappa shape index (κ3) is 3.77. The Kier molecular flexibility index (Phi) is 4.95. The summed E-state index contributed by atoms with van der Waals surface area (Å²) in [5.74, 6) is 0.166. The maximum atomic E-state index is 12.4. The van der Waals surface area contributed by atoms with E-state index in [1.54, 1.807) is 18.2 Å². The molecule has 0 spiro atoms. The zero-order valence-corrected chi connectivity index (χ0v) is 13.6. The minimum Gasteiger partial charge on any atom is -0.486 e. The van der Waals surface area contributed by atoms with Gasteiger partial charge < -0.3 is 14.5 Å². The highest BCUT2D eigenvalue weighted by molar-refractivity contribution is 5.97. The number of carbonyl (C=O) groups excluding carboxylic acids is 1. The molecule has 1 aromatic heterocycles. The van der Waals surface area contributed by atoms with Crippen LogP contribution < -0.4 is 15.6 Å². The molecule has 0 aliphatic carbocycles. The number of para-hydroxylation sites is 1. The van der Waals surface area contributed by atoms with Crippen molar-refractivity contribution in [2.24, 2.45) is 0 Å². The van der Waals surface area contributed by atoms with Crippen molar-refractivity contribution in [2.75, 3.05) is 6.61 Å². The molecular weight excluding hydrogens is 316 g/mol. The Morgan fingerprint density at radius 2 is 2.00 bits per heavy atom. The molecule has 2 N–H and O–H groups in total. The van der Waals surface area contributed by atoms with Crippen LogP contribution >= 0.6 is 0 Å². The number of nitrogens with one attached hydrogen (secondary N) is 2. The average molecular weight is 334 g/mol. The second kappa shape index (κ2) is 7.49. The highest BCUT2D eigenvalue weighted by Crippen LogP contribution is 2.24. The van der Waals surface area contributed by atoms with Crippen LogP contribution in [-0.4, -0.2) is 12.5 Å². The van der Waals surface area contributed by atoms with Crippen molar-refractivity contribution in [2.45, 2.75) is 6.54 Å². The molecule has 5 heteroatoms. The predicted molar refractivity (Wildman–Crippen MR) is 95.4 cm³/mol. The number of benzene rings is 2. The lowest BCUT2D eigenvalue weighted by atomic mass is 10.1. The number of ether oxygens (including phenoxy) is 1. The number of hydrogen-bond acceptors (Lipinski definition) is 4. The molecule has 0 radical (unpaired) electrons. The predicted octanol–water partition coefficient (Wildman–Crippen LogP) is 3.41. The second-order valence-electron chi connectivity index (χ2n) is 5.43. The van der Waals surface area contributed by atoms with E-state index in [0.29, 0.717) is 29.9 Å². The molecule has 3 rings (SSSR count). The van der Waals surface area contributed by atoms with Crippen molar-refractivity contribution in [1.29, 1.82) is 5.41 Å². The Balaban J connectivity index is 1.86. The van der Waals surface area contributed by atoms with Crippen LogP contribution in [0.15, 0.2) is 71.7 Å². The van der Waals surface area contributed by atoms with Gasteiger partial charge in [0.1, 0.15) is 12.2 Å². The van der Waals surface area contributed by atoms with Gasteiger partial charge in [-0.25, -0.2) is 0 Å². The highest BCUT2D eigenvalue weighted by atomic mass is 16.5. The van der Waals surface area contributed by atoms with Crippen LogP contribution in [0.3, 0.4) is 0 Å². The van der Waals surface area contributed by atoms with Gasteiger partial charge in [0.05, 0.1) is 0 Å². The van der Waals surface area contributed by atoms with E-state index in [1.165, 1.54) is 0 Å². The Hall–Kier alpha value is -3.34. The molecule has 3 aromatic rings. The van der Waals surface area contributed by atoms with Gasteiger partial charge in [-0.05, 0) is 17.7 Å². The van der Waals surface area contributed by atoms with E-state index in [4.69, 9.17) is 14.6 Å². The van der Waals surface area contributed by atoms with Gasteiger partial charge in [-0.2, -0.15) is 0 Å². The minimum atomic E-state index is -0.350. The van der Waals surface area contributed by atoms with Gasteiger partial charge in [-0.3, -0.25) is 10.2 Å². The van der Waals surface area contributed by atoms with Gasteiger partial charge in [0, 0.05) is 11.9 Å². The maximum Gasteiger partial charge on any atom is 0.257 e. The first-order valence-electron chi connectivity index (χ1n) is 7.86. The molecule has 5 nitrogen and oxygen atoms in total. The average Bonchev–Trinajstić information content (AvgIpc) is 2.65. The minimum absolute atomic E-state index is 0.185. The molecule has 2 aromatic carbocycles. The summed E-state index contributed by atoms with van der Waals surface area (Å²) in [5.41, 5.74) is 1.41. The lowest BCUT2D eigenvalue weighted by Crippen LogP contribution is -2.27. The third-order valence-electron chi connectivity index (χ3n) is 3.66. The van der Waals surface area contributed by atoms with Crippen molar-refractivity contribution in [3.63, 3.8) is 0 Å². The highest BCUT2D eigenvalue weighted by Gasteiger charge is 2.13. The number of rotatable bonds is 6. The molecule has 0 atom stereocenters. The molecule has 0 bridgehead atoms. The number of hydrogen-bond donors (Lipinski definition) is 2. The summed E-state index contributed by atoms with van der Waals surface area (Å²) in [5, 5.41) is 11.5. The van der Waals surface area contributed by atoms with Gasteiger partial charge in [0.25, 0.3) is 5.91 Å². The van der Waals surface area contributed by atoms with Crippen molar-refractivity contribution in [3.8, 4) is 5.75 Å². The van der Waals surface area contributed by atoms with E-state index in [-0.39, 0.29) is 17.0 Å². The van der Waals surface area contributed by atoms with Crippen LogP contribution in [0.1, 0.15) is 15.9 Å². The molecule has 0 saturated heterocycles. The fourth-order valence-electron chi connectivity index (χ4n) is 2.44. The Morgan fingerprint density at radius 3 is 2.76 bits per heavy atom. The molecule has 0 aliphatic rings. The summed E-state index contributed by atoms with van der Waals surface area (Å²) in [4.78, 5) is 12.4. The first-order chi connectivity index (χ1) is 12.2. The largest absolute Gasteiger partial charge is 0.486 e. The number of amides is 1. The number of fused-ring (bicyclic) bond motifs is 1. The summed E-state index contributed by atoms with van der Waals surface area (Å²) in [7, 11) is 0. The van der Waals surface area contributed by atoms with Crippen molar-refractivity contribution >= 4 is 16.9 Å². The van der Waals surface area contributed by atoms with Crippen LogP contribution in [-0.2, 0) is 6.54 Å². The fraction of sp³-hybridized carbons (Fsp3) is 0.100. The molecule has 1 amide bonds. The van der Waals surface area contributed by atoms with E-state index in [1.807, 2.05) is 42.5 Å². The zero-order valence-electron chi connectivity index (χ0n) is 13.6. The summed E-state index contributed by atoms with van der Waals surface area (Å²) in [6.45, 7) is 4.33. The second-order valence-corrected chi connectivity index (χ2v) is 5.43. The van der Waals surface area contributed by atoms with Gasteiger partial charge in [-0.1, -0.05) is 55.1 Å². The summed E-state index contributed by atoms with van der Waals surface area (Å²) >= 11 is 0. The van der Waals surface area contributed by atoms with Crippen LogP contribution in [0.2, 0.25) is 0 Å². The van der Waals surface area contributed by atoms with Crippen molar-refractivity contribution in [1.82, 2.24) is 5.32 Å². The smallest absolute Gasteiger partial charge is 0.257 e. The molecular formula is C20H18N2O3. The van der Waals surface area contributed by atoms with Crippen molar-refractivity contribution < 1.29 is 13.9 Å². The Bertz CT molecular complexity index is 962. The first-order valence-corrected chi connectivity index (χ1v) is 7.86. The lowest BCUT2D eigenvalue weighted by Gasteiger charge is -2.09. The Labute approximate surface area is 145 Å². The quantitative estimate of drug-likeness (QED) is 0.678. The standard InChI is InChI=1S/C20H18N2O3/c1-2-11-24-17-10-6-9-15-12-16(19(21)25-18(15)17)20(23)22-13-14-7-4-3-5-8-14/h2-10,12,21H,1,11,13H2,(H,22,23). The normalized spacial score (nSPS) is 10.4. The molecule has 126 valence electrons. The Morgan fingerprint density at radius 1 is 1.20 bits per heavy atom. The maximum absolute atomic E-state index is 12.4. The number of carbonyl (C=O) groups is 1. The van der Waals surface area contributed by atoms with Gasteiger partial charge in [0.2, 0.25) is 5.55 Å². The molecule has 0 saturated carbocycles. The van der Waals surface area contributed by atoms with E-state index in [0.717, 1.165) is 5.56 Å². The molecule has 0 unspecified atom stereocenters. The molecule has 0 fully saturated rings. The van der Waals surface area contributed by atoms with Crippen LogP contribution in [0.25, 0.3) is 11.0 Å². The van der Waals surface area contributed by atoms with E-state index >= 15 is 0 Å². The molecule has 1 heterocycles. The van der Waals surface area contributed by atoms with Crippen molar-refractivity contribution in [3.05, 3.63) is 83.9 Å². The van der Waals surface area contributed by atoms with E-state index < -0.39 is 0 Å². The monoisotopic (exact) mass is 334 g/mol. The van der Waals surface area contributed by atoms with Gasteiger partial charge in [0.15, 0.2) is 11.3 Å². The van der Waals surface area contributed by atoms with E-state index in [2.05, 4.69) is 11.9 Å². The first kappa shape index (κ1) is 16.5. The summed E-state index contributed by atoms with van der Waals surface area (Å²) in [6, 6.07) is 16.6. The zero-order chi connectivity index (χ0) is 17.6. The van der Waals surface area contributed by atoms with Crippen LogP contribution in [0.4, 0.5) is 0 Å². The topological polar surface area (TPSA) is 75.3 Å².